The average molecular weight is 212 g/mol. The summed E-state index contributed by atoms with van der Waals surface area (Å²) < 4.78 is 11.4. The van der Waals surface area contributed by atoms with Crippen LogP contribution in [0.2, 0.25) is 0 Å². The van der Waals surface area contributed by atoms with E-state index in [4.69, 9.17) is 9.47 Å². The Balaban J connectivity index is 2.01. The maximum absolute atomic E-state index is 10.8. The Kier molecular flexibility index (Phi) is 3.42. The molecule has 2 rings (SSSR count). The molecule has 0 bridgehead atoms. The van der Waals surface area contributed by atoms with Crippen LogP contribution < -0.4 is 0 Å². The Hall–Kier alpha value is -0.410. The summed E-state index contributed by atoms with van der Waals surface area (Å²) in [7, 11) is 1.77. The van der Waals surface area contributed by atoms with Crippen LogP contribution in [-0.2, 0) is 14.3 Å². The molecule has 1 spiro atoms. The molecule has 86 valence electrons. The van der Waals surface area contributed by atoms with E-state index in [1.165, 1.54) is 0 Å². The molecule has 0 aromatic rings. The second-order valence-electron chi connectivity index (χ2n) is 4.82. The third kappa shape index (κ3) is 2.40. The van der Waals surface area contributed by atoms with Crippen LogP contribution >= 0.6 is 0 Å². The molecule has 0 aromatic carbocycles. The highest BCUT2D eigenvalue weighted by molar-refractivity contribution is 5.56. The zero-order valence-corrected chi connectivity index (χ0v) is 9.41. The molecule has 1 heterocycles. The van der Waals surface area contributed by atoms with Crippen molar-refractivity contribution in [2.75, 3.05) is 7.11 Å². The maximum Gasteiger partial charge on any atom is 0.148 e. The number of aldehydes is 1. The summed E-state index contributed by atoms with van der Waals surface area (Å²) in [6.07, 6.45) is 8.55. The predicted octanol–water partition coefficient (Wildman–Crippen LogP) is 2.08. The van der Waals surface area contributed by atoms with Crippen molar-refractivity contribution in [2.24, 2.45) is 0 Å². The van der Waals surface area contributed by atoms with E-state index in [0.29, 0.717) is 6.10 Å². The topological polar surface area (TPSA) is 35.5 Å². The van der Waals surface area contributed by atoms with Gasteiger partial charge < -0.3 is 14.3 Å². The first-order chi connectivity index (χ1) is 7.28. The molecule has 3 atom stereocenters. The van der Waals surface area contributed by atoms with Gasteiger partial charge in [0.15, 0.2) is 0 Å². The Morgan fingerprint density at radius 1 is 1.33 bits per heavy atom. The minimum absolute atomic E-state index is 0.0528. The Morgan fingerprint density at radius 2 is 2.07 bits per heavy atom. The fourth-order valence-electron chi connectivity index (χ4n) is 2.97. The van der Waals surface area contributed by atoms with Gasteiger partial charge in [-0.15, -0.1) is 0 Å². The van der Waals surface area contributed by atoms with Crippen molar-refractivity contribution >= 4 is 6.29 Å². The van der Waals surface area contributed by atoms with Gasteiger partial charge in [0.05, 0.1) is 11.7 Å². The molecule has 2 fully saturated rings. The molecule has 1 aliphatic carbocycles. The second kappa shape index (κ2) is 4.62. The van der Waals surface area contributed by atoms with Crippen molar-refractivity contribution in [3.63, 3.8) is 0 Å². The summed E-state index contributed by atoms with van der Waals surface area (Å²) in [4.78, 5) is 10.8. The van der Waals surface area contributed by atoms with Gasteiger partial charge in [0.25, 0.3) is 0 Å². The molecule has 0 N–H and O–H groups in total. The lowest BCUT2D eigenvalue weighted by atomic mass is 9.77. The Bertz CT molecular complexity index is 225. The lowest BCUT2D eigenvalue weighted by Gasteiger charge is -2.44. The quantitative estimate of drug-likeness (QED) is 0.657. The first kappa shape index (κ1) is 11.1. The van der Waals surface area contributed by atoms with Crippen LogP contribution in [-0.4, -0.2) is 31.2 Å². The van der Waals surface area contributed by atoms with Crippen molar-refractivity contribution in [3.05, 3.63) is 0 Å². The third-order valence-electron chi connectivity index (χ3n) is 3.77. The number of ether oxygens (including phenoxy) is 2. The van der Waals surface area contributed by atoms with Crippen molar-refractivity contribution in [1.29, 1.82) is 0 Å². The van der Waals surface area contributed by atoms with E-state index in [2.05, 4.69) is 0 Å². The van der Waals surface area contributed by atoms with Gasteiger partial charge in [-0.2, -0.15) is 0 Å². The molecule has 0 radical (unpaired) electrons. The van der Waals surface area contributed by atoms with Crippen LogP contribution in [0.4, 0.5) is 0 Å². The molecule has 15 heavy (non-hydrogen) atoms. The molecule has 0 amide bonds. The summed E-state index contributed by atoms with van der Waals surface area (Å²) in [6, 6.07) is 0. The van der Waals surface area contributed by atoms with Crippen LogP contribution in [0.5, 0.6) is 0 Å². The van der Waals surface area contributed by atoms with Crippen LogP contribution in [0.25, 0.3) is 0 Å². The van der Waals surface area contributed by atoms with E-state index in [-0.39, 0.29) is 11.7 Å². The van der Waals surface area contributed by atoms with Crippen LogP contribution in [0.15, 0.2) is 0 Å². The van der Waals surface area contributed by atoms with E-state index in [1.54, 1.807) is 7.11 Å². The first-order valence-corrected chi connectivity index (χ1v) is 5.94. The van der Waals surface area contributed by atoms with Crippen molar-refractivity contribution in [1.82, 2.24) is 0 Å². The largest absolute Gasteiger partial charge is 0.381 e. The minimum atomic E-state index is -0.172. The number of hydrogen-bond acceptors (Lipinski definition) is 3. The highest BCUT2D eigenvalue weighted by Gasteiger charge is 2.41. The maximum atomic E-state index is 10.8. The summed E-state index contributed by atoms with van der Waals surface area (Å²) in [5, 5.41) is 0. The molecule has 3 nitrogen and oxygen atoms in total. The molecule has 1 saturated carbocycles. The lowest BCUT2D eigenvalue weighted by Crippen LogP contribution is -2.46. The molecule has 2 aliphatic rings. The lowest BCUT2D eigenvalue weighted by molar-refractivity contribution is -0.168. The average Bonchev–Trinajstić information content (AvgIpc) is 2.29. The number of rotatable bonds is 2. The van der Waals surface area contributed by atoms with E-state index < -0.39 is 0 Å². The van der Waals surface area contributed by atoms with Crippen LogP contribution in [0.3, 0.4) is 0 Å². The second-order valence-corrected chi connectivity index (χ2v) is 4.82. The zero-order chi connectivity index (χ0) is 10.7. The van der Waals surface area contributed by atoms with E-state index >= 15 is 0 Å². The normalized spacial score (nSPS) is 41.7. The Morgan fingerprint density at radius 3 is 2.73 bits per heavy atom. The monoisotopic (exact) mass is 212 g/mol. The predicted molar refractivity (Wildman–Crippen MR) is 56.8 cm³/mol. The highest BCUT2D eigenvalue weighted by Crippen LogP contribution is 2.40. The summed E-state index contributed by atoms with van der Waals surface area (Å²) in [5.74, 6) is 0. The molecule has 1 aliphatic heterocycles. The van der Waals surface area contributed by atoms with Gasteiger partial charge in [0.1, 0.15) is 12.4 Å². The molecule has 0 aromatic heterocycles. The number of hydrogen-bond donors (Lipinski definition) is 0. The van der Waals surface area contributed by atoms with Gasteiger partial charge in [-0.1, -0.05) is 0 Å². The van der Waals surface area contributed by atoms with Gasteiger partial charge in [0.2, 0.25) is 0 Å². The molecular formula is C12H20O3. The first-order valence-electron chi connectivity index (χ1n) is 5.94. The van der Waals surface area contributed by atoms with Gasteiger partial charge in [-0.25, -0.2) is 0 Å². The Labute approximate surface area is 91.1 Å². The molecule has 1 saturated heterocycles. The van der Waals surface area contributed by atoms with Crippen LogP contribution in [0.1, 0.15) is 44.9 Å². The van der Waals surface area contributed by atoms with Crippen LogP contribution in [0, 0.1) is 0 Å². The molecule has 3 unspecified atom stereocenters. The minimum Gasteiger partial charge on any atom is -0.381 e. The summed E-state index contributed by atoms with van der Waals surface area (Å²) in [5.41, 5.74) is -0.0528. The fourth-order valence-corrected chi connectivity index (χ4v) is 2.97. The molecule has 3 heteroatoms. The van der Waals surface area contributed by atoms with E-state index in [9.17, 15) is 4.79 Å². The van der Waals surface area contributed by atoms with Gasteiger partial charge in [0, 0.05) is 13.5 Å². The summed E-state index contributed by atoms with van der Waals surface area (Å²) in [6.45, 7) is 0. The van der Waals surface area contributed by atoms with Gasteiger partial charge >= 0.3 is 0 Å². The molecular weight excluding hydrogens is 192 g/mol. The van der Waals surface area contributed by atoms with E-state index in [1.807, 2.05) is 0 Å². The number of methoxy groups -OCH3 is 1. The fraction of sp³-hybridized carbons (Fsp3) is 0.917. The number of carbonyl (C=O) groups excluding carboxylic acids is 1. The van der Waals surface area contributed by atoms with Gasteiger partial charge in [-0.05, 0) is 38.5 Å². The van der Waals surface area contributed by atoms with Gasteiger partial charge in [-0.3, -0.25) is 0 Å². The zero-order valence-electron chi connectivity index (χ0n) is 9.41. The standard InChI is InChI=1S/C12H20O3/c1-14-10-4-2-6-12(8-10)7-3-5-11(9-13)15-12/h9-11H,2-8H2,1H3. The van der Waals surface area contributed by atoms with Crippen molar-refractivity contribution in [2.45, 2.75) is 62.8 Å². The smallest absolute Gasteiger partial charge is 0.148 e. The third-order valence-corrected chi connectivity index (χ3v) is 3.77. The SMILES string of the molecule is COC1CCCC2(CCCC(C=O)O2)C1. The number of carbonyl (C=O) groups is 1. The highest BCUT2D eigenvalue weighted by atomic mass is 16.5. The van der Waals surface area contributed by atoms with E-state index in [0.717, 1.165) is 51.2 Å². The summed E-state index contributed by atoms with van der Waals surface area (Å²) >= 11 is 0. The van der Waals surface area contributed by atoms with Crippen molar-refractivity contribution < 1.29 is 14.3 Å². The van der Waals surface area contributed by atoms with Crippen molar-refractivity contribution in [3.8, 4) is 0 Å².